The largest absolute Gasteiger partial charge is 0.493 e. The van der Waals surface area contributed by atoms with Crippen LogP contribution in [-0.2, 0) is 13.0 Å². The number of hydrogen-bond acceptors (Lipinski definition) is 4. The number of carbonyl (C=O) groups is 1. The first-order valence-electron chi connectivity index (χ1n) is 10.1. The van der Waals surface area contributed by atoms with Gasteiger partial charge in [0, 0.05) is 18.2 Å². The van der Waals surface area contributed by atoms with E-state index in [1.54, 1.807) is 20.3 Å². The molecule has 1 unspecified atom stereocenters. The third-order valence-electron chi connectivity index (χ3n) is 4.78. The Labute approximate surface area is 178 Å². The van der Waals surface area contributed by atoms with Crippen LogP contribution in [0, 0.1) is 0 Å². The Balaban J connectivity index is 1.87. The van der Waals surface area contributed by atoms with Crippen molar-refractivity contribution in [2.75, 3.05) is 20.8 Å². The number of rotatable bonds is 10. The van der Waals surface area contributed by atoms with Gasteiger partial charge in [0.05, 0.1) is 20.8 Å². The van der Waals surface area contributed by atoms with Crippen LogP contribution in [0.2, 0.25) is 0 Å². The first-order chi connectivity index (χ1) is 14.5. The molecular weight excluding hydrogens is 380 g/mol. The van der Waals surface area contributed by atoms with Gasteiger partial charge in [0.15, 0.2) is 17.5 Å². The van der Waals surface area contributed by atoms with E-state index >= 15 is 0 Å². The molecule has 162 valence electrons. The van der Waals surface area contributed by atoms with E-state index in [2.05, 4.69) is 15.6 Å². The van der Waals surface area contributed by atoms with Gasteiger partial charge in [-0.05, 0) is 55.2 Å². The Bertz CT molecular complexity index is 867. The third-order valence-corrected chi connectivity index (χ3v) is 4.78. The molecule has 2 aromatic rings. The lowest BCUT2D eigenvalue weighted by Gasteiger charge is -2.12. The zero-order valence-electron chi connectivity index (χ0n) is 18.2. The van der Waals surface area contributed by atoms with Gasteiger partial charge in [0.25, 0.3) is 5.91 Å². The maximum Gasteiger partial charge on any atom is 0.251 e. The van der Waals surface area contributed by atoms with Crippen LogP contribution in [0.25, 0.3) is 0 Å². The highest BCUT2D eigenvalue weighted by Gasteiger charge is 2.09. The number of guanidine groups is 1. The molecular formula is C23H32N4O3. The smallest absolute Gasteiger partial charge is 0.251 e. The molecule has 0 aromatic heterocycles. The Morgan fingerprint density at radius 3 is 2.57 bits per heavy atom. The van der Waals surface area contributed by atoms with Crippen LogP contribution < -0.4 is 25.8 Å². The Hall–Kier alpha value is -3.22. The lowest BCUT2D eigenvalue weighted by molar-refractivity contribution is 0.0939. The molecule has 1 atom stereocenters. The van der Waals surface area contributed by atoms with Gasteiger partial charge in [-0.2, -0.15) is 0 Å². The number of nitrogens with zero attached hydrogens (tertiary/aromatic N) is 1. The van der Waals surface area contributed by atoms with Crippen molar-refractivity contribution in [2.45, 2.75) is 39.3 Å². The molecule has 0 radical (unpaired) electrons. The van der Waals surface area contributed by atoms with Crippen molar-refractivity contribution in [1.29, 1.82) is 0 Å². The van der Waals surface area contributed by atoms with Crippen molar-refractivity contribution in [3.63, 3.8) is 0 Å². The summed E-state index contributed by atoms with van der Waals surface area (Å²) < 4.78 is 10.6. The monoisotopic (exact) mass is 412 g/mol. The van der Waals surface area contributed by atoms with Gasteiger partial charge in [0.1, 0.15) is 0 Å². The van der Waals surface area contributed by atoms with Crippen LogP contribution in [0.3, 0.4) is 0 Å². The molecule has 0 aliphatic heterocycles. The van der Waals surface area contributed by atoms with Crippen LogP contribution >= 0.6 is 0 Å². The van der Waals surface area contributed by atoms with E-state index in [1.807, 2.05) is 50.2 Å². The number of nitrogens with two attached hydrogens (primary N) is 1. The molecule has 0 heterocycles. The van der Waals surface area contributed by atoms with E-state index in [1.165, 1.54) is 0 Å². The van der Waals surface area contributed by atoms with Gasteiger partial charge in [-0.3, -0.25) is 4.79 Å². The molecule has 2 rings (SSSR count). The highest BCUT2D eigenvalue weighted by Crippen LogP contribution is 2.27. The number of aliphatic imine (C=N–C) groups is 1. The van der Waals surface area contributed by atoms with Crippen LogP contribution in [0.4, 0.5) is 0 Å². The summed E-state index contributed by atoms with van der Waals surface area (Å²) in [5, 5.41) is 6.08. The van der Waals surface area contributed by atoms with Gasteiger partial charge < -0.3 is 25.8 Å². The Morgan fingerprint density at radius 2 is 1.87 bits per heavy atom. The molecule has 0 fully saturated rings. The van der Waals surface area contributed by atoms with Gasteiger partial charge >= 0.3 is 0 Å². The predicted octanol–water partition coefficient (Wildman–Crippen LogP) is 2.88. The Kier molecular flexibility index (Phi) is 9.00. The second kappa shape index (κ2) is 11.7. The number of nitrogens with one attached hydrogen (secondary N) is 2. The van der Waals surface area contributed by atoms with Crippen molar-refractivity contribution in [1.82, 2.24) is 10.6 Å². The van der Waals surface area contributed by atoms with Crippen LogP contribution in [0.15, 0.2) is 47.5 Å². The van der Waals surface area contributed by atoms with E-state index in [0.29, 0.717) is 36.1 Å². The summed E-state index contributed by atoms with van der Waals surface area (Å²) in [6.07, 6.45) is 1.66. The number of methoxy groups -OCH3 is 2. The standard InChI is InChI=1S/C23H32N4O3/c1-5-16(2)27-22(28)19-8-6-7-18(13-19)15-26-23(24)25-12-11-17-9-10-20(29-3)21(14-17)30-4/h6-10,13-14,16H,5,11-12,15H2,1-4H3,(H,27,28)(H3,24,25,26). The number of carbonyl (C=O) groups excluding carboxylic acids is 1. The first-order valence-corrected chi connectivity index (χ1v) is 10.1. The second-order valence-corrected chi connectivity index (χ2v) is 7.05. The Morgan fingerprint density at radius 1 is 1.10 bits per heavy atom. The maximum atomic E-state index is 12.3. The molecule has 0 aliphatic rings. The van der Waals surface area contributed by atoms with Crippen molar-refractivity contribution in [2.24, 2.45) is 10.7 Å². The SMILES string of the molecule is CCC(C)NC(=O)c1cccc(CN=C(N)NCCc2ccc(OC)c(OC)c2)c1. The molecule has 0 bridgehead atoms. The van der Waals surface area contributed by atoms with Gasteiger partial charge in [-0.25, -0.2) is 4.99 Å². The van der Waals surface area contributed by atoms with Crippen LogP contribution in [0.5, 0.6) is 11.5 Å². The molecule has 30 heavy (non-hydrogen) atoms. The second-order valence-electron chi connectivity index (χ2n) is 7.05. The molecule has 7 nitrogen and oxygen atoms in total. The normalized spacial score (nSPS) is 12.2. The first kappa shape index (κ1) is 23.1. The number of amides is 1. The summed E-state index contributed by atoms with van der Waals surface area (Å²) in [6.45, 7) is 5.07. The topological polar surface area (TPSA) is 98.0 Å². The van der Waals surface area contributed by atoms with Gasteiger partial charge in [-0.15, -0.1) is 0 Å². The lowest BCUT2D eigenvalue weighted by Crippen LogP contribution is -2.33. The molecule has 4 N–H and O–H groups in total. The fraction of sp³-hybridized carbons (Fsp3) is 0.391. The van der Waals surface area contributed by atoms with Crippen molar-refractivity contribution in [3.8, 4) is 11.5 Å². The minimum atomic E-state index is -0.0730. The fourth-order valence-electron chi connectivity index (χ4n) is 2.82. The van der Waals surface area contributed by atoms with Crippen LogP contribution in [0.1, 0.15) is 41.8 Å². The van der Waals surface area contributed by atoms with Crippen LogP contribution in [-0.4, -0.2) is 38.7 Å². The van der Waals surface area contributed by atoms with E-state index in [0.717, 1.165) is 24.0 Å². The van der Waals surface area contributed by atoms with E-state index < -0.39 is 0 Å². The molecule has 1 amide bonds. The lowest BCUT2D eigenvalue weighted by atomic mass is 10.1. The zero-order chi connectivity index (χ0) is 21.9. The molecule has 0 saturated heterocycles. The number of benzene rings is 2. The average molecular weight is 413 g/mol. The molecule has 0 spiro atoms. The number of ether oxygens (including phenoxy) is 2. The molecule has 0 aliphatic carbocycles. The van der Waals surface area contributed by atoms with E-state index in [-0.39, 0.29) is 11.9 Å². The molecule has 7 heteroatoms. The summed E-state index contributed by atoms with van der Waals surface area (Å²) in [4.78, 5) is 16.6. The highest BCUT2D eigenvalue weighted by atomic mass is 16.5. The summed E-state index contributed by atoms with van der Waals surface area (Å²) in [5.41, 5.74) is 8.64. The minimum Gasteiger partial charge on any atom is -0.493 e. The summed E-state index contributed by atoms with van der Waals surface area (Å²) in [6, 6.07) is 13.4. The quantitative estimate of drug-likeness (QED) is 0.412. The number of hydrogen-bond donors (Lipinski definition) is 3. The summed E-state index contributed by atoms with van der Waals surface area (Å²) >= 11 is 0. The van der Waals surface area contributed by atoms with Crippen molar-refractivity contribution >= 4 is 11.9 Å². The minimum absolute atomic E-state index is 0.0730. The van der Waals surface area contributed by atoms with Crippen molar-refractivity contribution < 1.29 is 14.3 Å². The average Bonchev–Trinajstić information content (AvgIpc) is 2.77. The zero-order valence-corrected chi connectivity index (χ0v) is 18.2. The summed E-state index contributed by atoms with van der Waals surface area (Å²) in [7, 11) is 3.23. The van der Waals surface area contributed by atoms with Crippen molar-refractivity contribution in [3.05, 3.63) is 59.2 Å². The maximum absolute atomic E-state index is 12.3. The molecule has 2 aromatic carbocycles. The fourth-order valence-corrected chi connectivity index (χ4v) is 2.82. The highest BCUT2D eigenvalue weighted by molar-refractivity contribution is 5.94. The third kappa shape index (κ3) is 6.99. The van der Waals surface area contributed by atoms with Gasteiger partial charge in [-0.1, -0.05) is 25.1 Å². The van der Waals surface area contributed by atoms with Gasteiger partial charge in [0.2, 0.25) is 0 Å². The van der Waals surface area contributed by atoms with E-state index in [4.69, 9.17) is 15.2 Å². The molecule has 0 saturated carbocycles. The van der Waals surface area contributed by atoms with E-state index in [9.17, 15) is 4.79 Å². The summed E-state index contributed by atoms with van der Waals surface area (Å²) in [5.74, 6) is 1.70. The predicted molar refractivity (Wildman–Crippen MR) is 120 cm³/mol.